The van der Waals surface area contributed by atoms with Gasteiger partial charge in [-0.1, -0.05) is 6.92 Å². The number of nitrogens with two attached hydrogens (primary N) is 1. The van der Waals surface area contributed by atoms with Crippen LogP contribution in [0, 0.1) is 5.92 Å². The molecule has 0 radical (unpaired) electrons. The molecule has 0 bridgehead atoms. The minimum atomic E-state index is -3.25. The normalized spacial score (nSPS) is 19.8. The van der Waals surface area contributed by atoms with E-state index < -0.39 is 10.0 Å². The van der Waals surface area contributed by atoms with Crippen LogP contribution in [-0.2, 0) is 14.8 Å². The van der Waals surface area contributed by atoms with Crippen molar-refractivity contribution in [3.05, 3.63) is 0 Å². The number of carbonyl (C=O) groups is 1. The molecule has 1 amide bonds. The van der Waals surface area contributed by atoms with Crippen molar-refractivity contribution < 1.29 is 13.2 Å². The van der Waals surface area contributed by atoms with Gasteiger partial charge in [-0.15, -0.1) is 12.4 Å². The van der Waals surface area contributed by atoms with Crippen LogP contribution in [0.25, 0.3) is 0 Å². The van der Waals surface area contributed by atoms with Crippen molar-refractivity contribution in [3.63, 3.8) is 0 Å². The van der Waals surface area contributed by atoms with Gasteiger partial charge >= 0.3 is 0 Å². The Kier molecular flexibility index (Phi) is 9.08. The Bertz CT molecular complexity index is 398. The Balaban J connectivity index is 0.00000361. The zero-order valence-electron chi connectivity index (χ0n) is 11.9. The van der Waals surface area contributed by atoms with E-state index in [0.717, 1.165) is 11.5 Å². The van der Waals surface area contributed by atoms with E-state index in [1.165, 1.54) is 4.31 Å². The number of hydrogen-bond acceptors (Lipinski definition) is 5. The largest absolute Gasteiger partial charge is 0.355 e. The smallest absolute Gasteiger partial charge is 0.224 e. The highest BCUT2D eigenvalue weighted by molar-refractivity contribution is 7.99. The van der Waals surface area contributed by atoms with Gasteiger partial charge in [0.1, 0.15) is 0 Å². The molecule has 1 aliphatic heterocycles. The molecule has 0 aromatic carbocycles. The zero-order valence-corrected chi connectivity index (χ0v) is 14.3. The second-order valence-electron chi connectivity index (χ2n) is 4.77. The lowest BCUT2D eigenvalue weighted by Gasteiger charge is -2.25. The highest BCUT2D eigenvalue weighted by Gasteiger charge is 2.24. The van der Waals surface area contributed by atoms with Crippen LogP contribution in [0.3, 0.4) is 0 Å². The first-order valence-electron chi connectivity index (χ1n) is 6.43. The Hall–Kier alpha value is -0.0200. The number of nitrogens with one attached hydrogen (secondary N) is 1. The van der Waals surface area contributed by atoms with Crippen molar-refractivity contribution in [2.24, 2.45) is 11.7 Å². The molecule has 3 N–H and O–H groups in total. The van der Waals surface area contributed by atoms with Crippen molar-refractivity contribution in [1.29, 1.82) is 0 Å². The van der Waals surface area contributed by atoms with E-state index in [1.807, 2.05) is 0 Å². The fourth-order valence-electron chi connectivity index (χ4n) is 1.66. The molecule has 1 fully saturated rings. The van der Waals surface area contributed by atoms with E-state index in [0.29, 0.717) is 13.1 Å². The molecule has 0 aromatic rings. The lowest BCUT2D eigenvalue weighted by molar-refractivity contribution is -0.124. The first kappa shape index (κ1) is 20.0. The minimum absolute atomic E-state index is 0. The molecule has 1 rings (SSSR count). The van der Waals surface area contributed by atoms with E-state index in [1.54, 1.807) is 25.6 Å². The molecule has 20 heavy (non-hydrogen) atoms. The lowest BCUT2D eigenvalue weighted by Crippen LogP contribution is -2.44. The summed E-state index contributed by atoms with van der Waals surface area (Å²) in [6, 6.07) is -0.240. The molecular formula is C11H24ClN3O3S2. The number of thioether (sulfide) groups is 1. The summed E-state index contributed by atoms with van der Waals surface area (Å²) in [5, 5.41) is 2.63. The summed E-state index contributed by atoms with van der Waals surface area (Å²) >= 11 is 1.76. The molecule has 1 heterocycles. The Labute approximate surface area is 131 Å². The van der Waals surface area contributed by atoms with Crippen molar-refractivity contribution in [1.82, 2.24) is 9.62 Å². The molecule has 9 heteroatoms. The average Bonchev–Trinajstić information content (AvgIpc) is 2.38. The molecule has 120 valence electrons. The highest BCUT2D eigenvalue weighted by atomic mass is 35.5. The molecule has 6 nitrogen and oxygen atoms in total. The number of nitrogens with zero attached hydrogens (tertiary/aromatic N) is 1. The van der Waals surface area contributed by atoms with Crippen molar-refractivity contribution in [2.75, 3.05) is 36.9 Å². The van der Waals surface area contributed by atoms with Crippen LogP contribution in [0.5, 0.6) is 0 Å². The van der Waals surface area contributed by atoms with Crippen molar-refractivity contribution in [3.8, 4) is 0 Å². The van der Waals surface area contributed by atoms with E-state index in [-0.39, 0.29) is 42.6 Å². The third-order valence-corrected chi connectivity index (χ3v) is 6.04. The molecular weight excluding hydrogens is 322 g/mol. The summed E-state index contributed by atoms with van der Waals surface area (Å²) in [4.78, 5) is 11.6. The van der Waals surface area contributed by atoms with Crippen LogP contribution >= 0.6 is 24.2 Å². The van der Waals surface area contributed by atoms with Crippen LogP contribution in [0.4, 0.5) is 0 Å². The topological polar surface area (TPSA) is 92.5 Å². The number of sulfonamides is 1. The van der Waals surface area contributed by atoms with Gasteiger partial charge in [0, 0.05) is 43.1 Å². The Morgan fingerprint density at radius 2 is 1.90 bits per heavy atom. The molecule has 0 aliphatic carbocycles. The molecule has 0 saturated carbocycles. The molecule has 2 unspecified atom stereocenters. The Morgan fingerprint density at radius 3 is 2.40 bits per heavy atom. The van der Waals surface area contributed by atoms with Gasteiger partial charge in [-0.3, -0.25) is 4.79 Å². The summed E-state index contributed by atoms with van der Waals surface area (Å²) in [7, 11) is -3.25. The van der Waals surface area contributed by atoms with Crippen LogP contribution in [0.15, 0.2) is 0 Å². The van der Waals surface area contributed by atoms with E-state index in [4.69, 9.17) is 5.73 Å². The average molecular weight is 346 g/mol. The van der Waals surface area contributed by atoms with Gasteiger partial charge in [0.2, 0.25) is 15.9 Å². The lowest BCUT2D eigenvalue weighted by atomic mass is 10.0. The maximum Gasteiger partial charge on any atom is 0.224 e. The monoisotopic (exact) mass is 345 g/mol. The number of amides is 1. The second kappa shape index (κ2) is 9.09. The molecule has 0 aromatic heterocycles. The van der Waals surface area contributed by atoms with Crippen LogP contribution in [0.1, 0.15) is 13.8 Å². The molecule has 1 saturated heterocycles. The van der Waals surface area contributed by atoms with Gasteiger partial charge in [-0.25, -0.2) is 12.7 Å². The maximum atomic E-state index is 12.0. The zero-order chi connectivity index (χ0) is 14.5. The summed E-state index contributed by atoms with van der Waals surface area (Å²) < 4.78 is 25.5. The predicted octanol–water partition coefficient (Wildman–Crippen LogP) is -0.114. The third-order valence-electron chi connectivity index (χ3n) is 3.22. The summed E-state index contributed by atoms with van der Waals surface area (Å²) in [5.74, 6) is 1.13. The van der Waals surface area contributed by atoms with E-state index in [2.05, 4.69) is 5.32 Å². The highest BCUT2D eigenvalue weighted by Crippen LogP contribution is 2.13. The third kappa shape index (κ3) is 6.17. The van der Waals surface area contributed by atoms with Gasteiger partial charge in [0.15, 0.2) is 0 Å². The van der Waals surface area contributed by atoms with Crippen LogP contribution in [-0.4, -0.2) is 61.6 Å². The minimum Gasteiger partial charge on any atom is -0.355 e. The number of hydrogen-bond donors (Lipinski definition) is 2. The van der Waals surface area contributed by atoms with Gasteiger partial charge in [-0.2, -0.15) is 11.8 Å². The van der Waals surface area contributed by atoms with E-state index >= 15 is 0 Å². The van der Waals surface area contributed by atoms with Crippen molar-refractivity contribution in [2.45, 2.75) is 19.9 Å². The van der Waals surface area contributed by atoms with Gasteiger partial charge < -0.3 is 11.1 Å². The van der Waals surface area contributed by atoms with E-state index in [9.17, 15) is 13.2 Å². The van der Waals surface area contributed by atoms with Crippen LogP contribution < -0.4 is 11.1 Å². The number of carbonyl (C=O) groups excluding carboxylic acids is 1. The number of rotatable bonds is 6. The maximum absolute atomic E-state index is 12.0. The standard InChI is InChI=1S/C11H23N3O3S2.ClH/c1-9(10(2)12)11(15)13-3-8-19(16,17)14-4-6-18-7-5-14;/h9-10H,3-8,12H2,1-2H3,(H,13,15);1H. The van der Waals surface area contributed by atoms with Crippen LogP contribution in [0.2, 0.25) is 0 Å². The fourth-order valence-corrected chi connectivity index (χ4v) is 4.15. The number of halogens is 1. The SMILES string of the molecule is CC(N)C(C)C(=O)NCCS(=O)(=O)N1CCSCC1.Cl. The first-order valence-corrected chi connectivity index (χ1v) is 9.20. The molecule has 0 spiro atoms. The quantitative estimate of drug-likeness (QED) is 0.700. The summed E-state index contributed by atoms with van der Waals surface area (Å²) in [6.07, 6.45) is 0. The second-order valence-corrected chi connectivity index (χ2v) is 8.08. The van der Waals surface area contributed by atoms with Gasteiger partial charge in [0.05, 0.1) is 5.75 Å². The molecule has 1 aliphatic rings. The summed E-state index contributed by atoms with van der Waals surface area (Å²) in [6.45, 7) is 4.76. The Morgan fingerprint density at radius 1 is 1.35 bits per heavy atom. The predicted molar refractivity (Wildman–Crippen MR) is 85.8 cm³/mol. The molecule has 2 atom stereocenters. The van der Waals surface area contributed by atoms with Crippen molar-refractivity contribution >= 4 is 40.1 Å². The summed E-state index contributed by atoms with van der Waals surface area (Å²) in [5.41, 5.74) is 5.62. The first-order chi connectivity index (χ1) is 8.84. The van der Waals surface area contributed by atoms with Gasteiger partial charge in [0.25, 0.3) is 0 Å². The fraction of sp³-hybridized carbons (Fsp3) is 0.909. The van der Waals surface area contributed by atoms with Gasteiger partial charge in [-0.05, 0) is 6.92 Å².